The minimum Gasteiger partial charge on any atom is -0.413 e. The van der Waals surface area contributed by atoms with Crippen LogP contribution in [0.4, 0.5) is 0 Å². The normalized spacial score (nSPS) is 16.1. The average molecular weight is 499 g/mol. The van der Waals surface area contributed by atoms with E-state index < -0.39 is 16.6 Å². The first kappa shape index (κ1) is 28.7. The van der Waals surface area contributed by atoms with Gasteiger partial charge in [-0.15, -0.1) is 0 Å². The van der Waals surface area contributed by atoms with Crippen molar-refractivity contribution in [2.45, 2.75) is 84.7 Å². The van der Waals surface area contributed by atoms with Gasteiger partial charge in [0.1, 0.15) is 6.29 Å². The fraction of sp³-hybridized carbons (Fsp3) is 0.552. The van der Waals surface area contributed by atoms with Crippen molar-refractivity contribution in [1.82, 2.24) is 0 Å². The topological polar surface area (TPSA) is 35.5 Å². The first-order chi connectivity index (χ1) is 15.7. The molecular formula is C29H46O3Si2. The molecule has 0 aliphatic rings. The number of hydrogen-bond acceptors (Lipinski definition) is 3. The molecule has 0 aliphatic carbocycles. The molecule has 0 saturated carbocycles. The fourth-order valence-electron chi connectivity index (χ4n) is 4.45. The molecule has 0 aliphatic heterocycles. The van der Waals surface area contributed by atoms with Gasteiger partial charge >= 0.3 is 0 Å². The Morgan fingerprint density at radius 2 is 1.24 bits per heavy atom. The van der Waals surface area contributed by atoms with E-state index in [2.05, 4.69) is 122 Å². The molecule has 3 atom stereocenters. The van der Waals surface area contributed by atoms with Gasteiger partial charge in [-0.2, -0.15) is 0 Å². The van der Waals surface area contributed by atoms with Crippen LogP contribution in [0.3, 0.4) is 0 Å². The lowest BCUT2D eigenvalue weighted by Gasteiger charge is -2.45. The second-order valence-corrected chi connectivity index (χ2v) is 21.4. The van der Waals surface area contributed by atoms with Crippen LogP contribution in [0.5, 0.6) is 0 Å². The molecule has 2 aromatic carbocycles. The summed E-state index contributed by atoms with van der Waals surface area (Å²) < 4.78 is 14.0. The summed E-state index contributed by atoms with van der Waals surface area (Å²) in [5, 5.41) is 2.53. The standard InChI is InChI=1S/C29H46O3Si2/c1-23(21-30)27(32-33(9,10)28(3,4)5)24(2)22-31-34(29(6,7)8,25-17-13-11-14-18-25)26-19-15-12-16-20-26/h11-21,23-24,27H,22H2,1-10H3/t23-,24+,27-/m1/s1. The summed E-state index contributed by atoms with van der Waals surface area (Å²) in [6.07, 6.45) is 0.869. The van der Waals surface area contributed by atoms with E-state index in [0.29, 0.717) is 6.61 Å². The highest BCUT2D eigenvalue weighted by atomic mass is 28.4. The molecule has 0 heterocycles. The number of benzene rings is 2. The largest absolute Gasteiger partial charge is 0.413 e. The molecule has 0 fully saturated rings. The highest BCUT2D eigenvalue weighted by Crippen LogP contribution is 2.40. The molecular weight excluding hydrogens is 452 g/mol. The van der Waals surface area contributed by atoms with Gasteiger partial charge in [-0.05, 0) is 33.5 Å². The van der Waals surface area contributed by atoms with Crippen molar-refractivity contribution in [2.75, 3.05) is 6.61 Å². The Morgan fingerprint density at radius 3 is 1.59 bits per heavy atom. The van der Waals surface area contributed by atoms with Gasteiger partial charge in [-0.1, -0.05) is 116 Å². The van der Waals surface area contributed by atoms with Crippen molar-refractivity contribution in [1.29, 1.82) is 0 Å². The van der Waals surface area contributed by atoms with Gasteiger partial charge in [0.15, 0.2) is 8.32 Å². The third-order valence-electron chi connectivity index (χ3n) is 7.51. The third-order valence-corrected chi connectivity index (χ3v) is 17.0. The third kappa shape index (κ3) is 6.17. The molecule has 0 N–H and O–H groups in total. The van der Waals surface area contributed by atoms with Crippen molar-refractivity contribution in [2.24, 2.45) is 11.8 Å². The van der Waals surface area contributed by atoms with Gasteiger partial charge in [-0.25, -0.2) is 0 Å². The van der Waals surface area contributed by atoms with Crippen molar-refractivity contribution in [3.05, 3.63) is 60.7 Å². The van der Waals surface area contributed by atoms with E-state index in [9.17, 15) is 4.79 Å². The number of carbonyl (C=O) groups is 1. The summed E-state index contributed by atoms with van der Waals surface area (Å²) in [7, 11) is -4.68. The van der Waals surface area contributed by atoms with Crippen LogP contribution in [-0.2, 0) is 13.6 Å². The number of hydrogen-bond donors (Lipinski definition) is 0. The van der Waals surface area contributed by atoms with Gasteiger partial charge < -0.3 is 13.6 Å². The lowest BCUT2D eigenvalue weighted by molar-refractivity contribution is -0.114. The Labute approximate surface area is 210 Å². The molecule has 0 radical (unpaired) electrons. The van der Waals surface area contributed by atoms with Crippen LogP contribution in [-0.4, -0.2) is 35.6 Å². The number of rotatable bonds is 10. The van der Waals surface area contributed by atoms with E-state index in [-0.39, 0.29) is 28.0 Å². The number of aldehydes is 1. The predicted octanol–water partition coefficient (Wildman–Crippen LogP) is 6.42. The van der Waals surface area contributed by atoms with E-state index in [1.807, 2.05) is 6.92 Å². The number of carbonyl (C=O) groups excluding carboxylic acids is 1. The molecule has 3 nitrogen and oxygen atoms in total. The molecule has 0 spiro atoms. The summed E-state index contributed by atoms with van der Waals surface area (Å²) in [5.74, 6) is -0.108. The SMILES string of the molecule is C[C@H](C=O)[C@@H](O[Si](C)(C)C(C)(C)C)[C@@H](C)CO[Si](c1ccccc1)(c1ccccc1)C(C)(C)C. The van der Waals surface area contributed by atoms with E-state index in [1.165, 1.54) is 10.4 Å². The molecule has 2 rings (SSSR count). The van der Waals surface area contributed by atoms with Crippen LogP contribution >= 0.6 is 0 Å². The van der Waals surface area contributed by atoms with Gasteiger partial charge in [0.05, 0.1) is 6.10 Å². The maximum atomic E-state index is 11.9. The van der Waals surface area contributed by atoms with Crippen LogP contribution in [0, 0.1) is 11.8 Å². The Bertz CT molecular complexity index is 859. The summed E-state index contributed by atoms with van der Waals surface area (Å²) in [6.45, 7) is 22.8. The minimum atomic E-state index is -2.63. The molecule has 0 aromatic heterocycles. The quantitative estimate of drug-likeness (QED) is 0.280. The van der Waals surface area contributed by atoms with Crippen molar-refractivity contribution < 1.29 is 13.6 Å². The van der Waals surface area contributed by atoms with Crippen molar-refractivity contribution >= 4 is 33.3 Å². The fourth-order valence-corrected chi connectivity index (χ4v) is 10.6. The van der Waals surface area contributed by atoms with E-state index in [1.54, 1.807) is 0 Å². The second kappa shape index (κ2) is 11.0. The smallest absolute Gasteiger partial charge is 0.261 e. The summed E-state index contributed by atoms with van der Waals surface area (Å²) in [5.41, 5.74) is 0. The highest BCUT2D eigenvalue weighted by molar-refractivity contribution is 6.99. The monoisotopic (exact) mass is 498 g/mol. The average Bonchev–Trinajstić information content (AvgIpc) is 2.77. The summed E-state index contributed by atoms with van der Waals surface area (Å²) >= 11 is 0. The van der Waals surface area contributed by atoms with Crippen molar-refractivity contribution in [3.8, 4) is 0 Å². The van der Waals surface area contributed by atoms with Gasteiger partial charge in [0, 0.05) is 18.4 Å². The Morgan fingerprint density at radius 1 is 0.794 bits per heavy atom. The molecule has 0 amide bonds. The first-order valence-corrected chi connectivity index (χ1v) is 17.4. The molecule has 2 aromatic rings. The molecule has 34 heavy (non-hydrogen) atoms. The Kier molecular flexibility index (Phi) is 9.31. The summed E-state index contributed by atoms with van der Waals surface area (Å²) in [4.78, 5) is 11.9. The van der Waals surface area contributed by atoms with Crippen LogP contribution in [0.25, 0.3) is 0 Å². The lowest BCUT2D eigenvalue weighted by atomic mass is 9.95. The summed E-state index contributed by atoms with van der Waals surface area (Å²) in [6, 6.07) is 21.4. The van der Waals surface area contributed by atoms with Crippen LogP contribution in [0.15, 0.2) is 60.7 Å². The molecule has 0 saturated heterocycles. The predicted molar refractivity (Wildman–Crippen MR) is 150 cm³/mol. The first-order valence-electron chi connectivity index (χ1n) is 12.6. The van der Waals surface area contributed by atoms with E-state index in [4.69, 9.17) is 8.85 Å². The molecule has 0 unspecified atom stereocenters. The molecule has 188 valence electrons. The molecule has 5 heteroatoms. The zero-order chi connectivity index (χ0) is 25.8. The Balaban J connectivity index is 2.48. The van der Waals surface area contributed by atoms with Gasteiger partial charge in [0.2, 0.25) is 0 Å². The van der Waals surface area contributed by atoms with E-state index >= 15 is 0 Å². The van der Waals surface area contributed by atoms with Gasteiger partial charge in [-0.3, -0.25) is 0 Å². The van der Waals surface area contributed by atoms with Crippen LogP contribution < -0.4 is 10.4 Å². The van der Waals surface area contributed by atoms with E-state index in [0.717, 1.165) is 6.29 Å². The van der Waals surface area contributed by atoms with Crippen molar-refractivity contribution in [3.63, 3.8) is 0 Å². The second-order valence-electron chi connectivity index (χ2n) is 12.3. The Hall–Kier alpha value is -1.54. The van der Waals surface area contributed by atoms with Gasteiger partial charge in [0.25, 0.3) is 8.32 Å². The minimum absolute atomic E-state index is 0.0758. The maximum absolute atomic E-state index is 11.9. The zero-order valence-corrected chi connectivity index (χ0v) is 25.0. The van der Waals surface area contributed by atoms with Crippen LogP contribution in [0.1, 0.15) is 55.4 Å². The maximum Gasteiger partial charge on any atom is 0.261 e. The lowest BCUT2D eigenvalue weighted by Crippen LogP contribution is -2.67. The zero-order valence-electron chi connectivity index (χ0n) is 23.0. The highest BCUT2D eigenvalue weighted by Gasteiger charge is 2.51. The molecule has 0 bridgehead atoms. The van der Waals surface area contributed by atoms with Crippen LogP contribution in [0.2, 0.25) is 23.2 Å².